The van der Waals surface area contributed by atoms with Crippen LogP contribution >= 0.6 is 0 Å². The topological polar surface area (TPSA) is 75.0 Å². The predicted octanol–water partition coefficient (Wildman–Crippen LogP) is 4.32. The molecule has 29 heavy (non-hydrogen) atoms. The van der Waals surface area contributed by atoms with Crippen LogP contribution in [0.5, 0.6) is 11.5 Å². The van der Waals surface area contributed by atoms with Gasteiger partial charge in [-0.2, -0.15) is 0 Å². The van der Waals surface area contributed by atoms with Gasteiger partial charge >= 0.3 is 11.6 Å². The van der Waals surface area contributed by atoms with E-state index in [0.717, 1.165) is 16.5 Å². The van der Waals surface area contributed by atoms with Gasteiger partial charge < -0.3 is 18.6 Å². The second kappa shape index (κ2) is 9.28. The summed E-state index contributed by atoms with van der Waals surface area (Å²) in [7, 11) is 0. The molecule has 0 aliphatic heterocycles. The fraction of sp³-hybridized carbons (Fsp3) is 0.304. The van der Waals surface area contributed by atoms with E-state index in [0.29, 0.717) is 29.3 Å². The Hall–Kier alpha value is -3.28. The van der Waals surface area contributed by atoms with Crippen molar-refractivity contribution in [3.05, 3.63) is 69.6 Å². The normalized spacial score (nSPS) is 10.7. The van der Waals surface area contributed by atoms with Gasteiger partial charge in [0, 0.05) is 17.0 Å². The largest absolute Gasteiger partial charge is 0.490 e. The number of para-hydroxylation sites is 2. The molecule has 6 nitrogen and oxygen atoms in total. The second-order valence-electron chi connectivity index (χ2n) is 6.61. The van der Waals surface area contributed by atoms with Crippen LogP contribution in [-0.4, -0.2) is 19.2 Å². The van der Waals surface area contributed by atoms with Gasteiger partial charge in [-0.05, 0) is 44.0 Å². The molecule has 0 spiro atoms. The Kier molecular flexibility index (Phi) is 6.54. The lowest BCUT2D eigenvalue weighted by Gasteiger charge is -2.12. The molecule has 1 aromatic heterocycles. The summed E-state index contributed by atoms with van der Waals surface area (Å²) in [5.41, 5.74) is 2.61. The Balaban J connectivity index is 1.60. The Morgan fingerprint density at radius 3 is 2.48 bits per heavy atom. The molecule has 3 rings (SSSR count). The third kappa shape index (κ3) is 4.96. The lowest BCUT2D eigenvalue weighted by atomic mass is 10.0. The highest BCUT2D eigenvalue weighted by atomic mass is 16.5. The molecule has 2 aromatic carbocycles. The Morgan fingerprint density at radius 2 is 1.76 bits per heavy atom. The Labute approximate surface area is 169 Å². The van der Waals surface area contributed by atoms with Crippen LogP contribution in [0.1, 0.15) is 30.0 Å². The first-order valence-corrected chi connectivity index (χ1v) is 9.52. The van der Waals surface area contributed by atoms with Crippen LogP contribution < -0.4 is 15.1 Å². The van der Waals surface area contributed by atoms with Crippen molar-refractivity contribution in [3.63, 3.8) is 0 Å². The fourth-order valence-corrected chi connectivity index (χ4v) is 2.96. The molecule has 1 heterocycles. The number of carbonyl (C=O) groups excluding carboxylic acids is 1. The third-order valence-corrected chi connectivity index (χ3v) is 4.62. The number of ether oxygens (including phenoxy) is 3. The third-order valence-electron chi connectivity index (χ3n) is 4.62. The SMILES string of the molecule is CCOc1ccccc1OCCC(=O)OCc1cc(=O)oc2c(C)c(C)ccc12. The van der Waals surface area contributed by atoms with E-state index in [1.807, 2.05) is 51.1 Å². The molecule has 0 unspecified atom stereocenters. The average Bonchev–Trinajstić information content (AvgIpc) is 2.71. The van der Waals surface area contributed by atoms with E-state index in [1.165, 1.54) is 6.07 Å². The van der Waals surface area contributed by atoms with Crippen molar-refractivity contribution in [2.45, 2.75) is 33.8 Å². The van der Waals surface area contributed by atoms with Gasteiger partial charge in [-0.25, -0.2) is 4.79 Å². The summed E-state index contributed by atoms with van der Waals surface area (Å²) in [5, 5.41) is 0.766. The van der Waals surface area contributed by atoms with E-state index in [2.05, 4.69) is 0 Å². The van der Waals surface area contributed by atoms with Crippen LogP contribution in [0.4, 0.5) is 0 Å². The molecule has 152 valence electrons. The van der Waals surface area contributed by atoms with Gasteiger partial charge in [-0.3, -0.25) is 4.79 Å². The van der Waals surface area contributed by atoms with Gasteiger partial charge in [0.2, 0.25) is 0 Å². The molecule has 0 aliphatic carbocycles. The molecule has 0 aliphatic rings. The number of rotatable bonds is 8. The maximum Gasteiger partial charge on any atom is 0.336 e. The highest BCUT2D eigenvalue weighted by Gasteiger charge is 2.12. The Bertz CT molecular complexity index is 1070. The molecule has 0 bridgehead atoms. The van der Waals surface area contributed by atoms with E-state index in [-0.39, 0.29) is 19.6 Å². The number of fused-ring (bicyclic) bond motifs is 1. The van der Waals surface area contributed by atoms with Crippen LogP contribution in [-0.2, 0) is 16.1 Å². The number of hydrogen-bond donors (Lipinski definition) is 0. The molecular formula is C23H24O6. The van der Waals surface area contributed by atoms with Crippen molar-refractivity contribution in [2.24, 2.45) is 0 Å². The summed E-state index contributed by atoms with van der Waals surface area (Å²) in [6.07, 6.45) is 0.0813. The minimum Gasteiger partial charge on any atom is -0.490 e. The minimum atomic E-state index is -0.465. The summed E-state index contributed by atoms with van der Waals surface area (Å²) in [4.78, 5) is 24.0. The van der Waals surface area contributed by atoms with Gasteiger partial charge in [0.05, 0.1) is 19.6 Å². The van der Waals surface area contributed by atoms with Gasteiger partial charge in [-0.15, -0.1) is 0 Å². The first kappa shape index (κ1) is 20.5. The molecule has 0 atom stereocenters. The Morgan fingerprint density at radius 1 is 1.03 bits per heavy atom. The standard InChI is InChI=1S/C23H24O6/c1-4-26-19-7-5-6-8-20(19)27-12-11-21(24)28-14-17-13-22(25)29-23-16(3)15(2)9-10-18(17)23/h5-10,13H,4,11-12,14H2,1-3H3. The molecular weight excluding hydrogens is 372 g/mol. The van der Waals surface area contributed by atoms with Crippen LogP contribution in [0.2, 0.25) is 0 Å². The van der Waals surface area contributed by atoms with Crippen molar-refractivity contribution in [1.82, 2.24) is 0 Å². The zero-order chi connectivity index (χ0) is 20.8. The van der Waals surface area contributed by atoms with E-state index < -0.39 is 11.6 Å². The number of esters is 1. The van der Waals surface area contributed by atoms with Crippen LogP contribution in [0.15, 0.2) is 51.7 Å². The molecule has 6 heteroatoms. The minimum absolute atomic E-state index is 0.00102. The fourth-order valence-electron chi connectivity index (χ4n) is 2.96. The average molecular weight is 396 g/mol. The summed E-state index contributed by atoms with van der Waals surface area (Å²) in [6.45, 7) is 6.43. The van der Waals surface area contributed by atoms with Crippen molar-refractivity contribution < 1.29 is 23.4 Å². The summed E-state index contributed by atoms with van der Waals surface area (Å²) >= 11 is 0. The van der Waals surface area contributed by atoms with E-state index >= 15 is 0 Å². The predicted molar refractivity (Wildman–Crippen MR) is 109 cm³/mol. The maximum absolute atomic E-state index is 12.1. The first-order chi connectivity index (χ1) is 14.0. The van der Waals surface area contributed by atoms with Gasteiger partial charge in [0.1, 0.15) is 12.2 Å². The van der Waals surface area contributed by atoms with Crippen LogP contribution in [0.25, 0.3) is 11.0 Å². The summed E-state index contributed by atoms with van der Waals surface area (Å²) in [5.74, 6) is 0.806. The number of aryl methyl sites for hydroxylation is 2. The van der Waals surface area contributed by atoms with Gasteiger partial charge in [0.15, 0.2) is 11.5 Å². The number of benzene rings is 2. The molecule has 0 radical (unpaired) electrons. The van der Waals surface area contributed by atoms with Crippen molar-refractivity contribution >= 4 is 16.9 Å². The highest BCUT2D eigenvalue weighted by Crippen LogP contribution is 2.26. The summed E-state index contributed by atoms with van der Waals surface area (Å²) in [6, 6.07) is 12.5. The van der Waals surface area contributed by atoms with E-state index in [1.54, 1.807) is 6.07 Å². The molecule has 3 aromatic rings. The summed E-state index contributed by atoms with van der Waals surface area (Å²) < 4.78 is 21.8. The maximum atomic E-state index is 12.1. The van der Waals surface area contributed by atoms with Gasteiger partial charge in [0.25, 0.3) is 0 Å². The lowest BCUT2D eigenvalue weighted by Crippen LogP contribution is -2.11. The van der Waals surface area contributed by atoms with Crippen LogP contribution in [0, 0.1) is 13.8 Å². The number of carbonyl (C=O) groups is 1. The highest BCUT2D eigenvalue weighted by molar-refractivity contribution is 5.84. The van der Waals surface area contributed by atoms with Crippen LogP contribution in [0.3, 0.4) is 0 Å². The second-order valence-corrected chi connectivity index (χ2v) is 6.61. The van der Waals surface area contributed by atoms with Crippen molar-refractivity contribution in [2.75, 3.05) is 13.2 Å². The quantitative estimate of drug-likeness (QED) is 0.417. The molecule has 0 amide bonds. The monoisotopic (exact) mass is 396 g/mol. The van der Waals surface area contributed by atoms with Crippen molar-refractivity contribution in [1.29, 1.82) is 0 Å². The molecule has 0 N–H and O–H groups in total. The zero-order valence-electron chi connectivity index (χ0n) is 16.8. The van der Waals surface area contributed by atoms with Crippen molar-refractivity contribution in [3.8, 4) is 11.5 Å². The smallest absolute Gasteiger partial charge is 0.336 e. The number of hydrogen-bond acceptors (Lipinski definition) is 6. The van der Waals surface area contributed by atoms with E-state index in [4.69, 9.17) is 18.6 Å². The molecule has 0 saturated carbocycles. The van der Waals surface area contributed by atoms with Gasteiger partial charge in [-0.1, -0.05) is 24.3 Å². The first-order valence-electron chi connectivity index (χ1n) is 9.52. The molecule has 0 fully saturated rings. The lowest BCUT2D eigenvalue weighted by molar-refractivity contribution is -0.145. The zero-order valence-corrected chi connectivity index (χ0v) is 16.8. The molecule has 0 saturated heterocycles. The van der Waals surface area contributed by atoms with E-state index in [9.17, 15) is 9.59 Å².